The maximum Gasteiger partial charge on any atom is 0.573 e. The molecule has 5 aromatic carbocycles. The second kappa shape index (κ2) is 15.5. The van der Waals surface area contributed by atoms with Crippen LogP contribution in [0, 0.1) is 6.92 Å². The van der Waals surface area contributed by atoms with E-state index in [2.05, 4.69) is 15.5 Å². The van der Waals surface area contributed by atoms with E-state index in [-0.39, 0.29) is 11.5 Å². The molecular formula is C38H28F6O5S. The highest BCUT2D eigenvalue weighted by atomic mass is 32.2. The van der Waals surface area contributed by atoms with Crippen LogP contribution >= 0.6 is 11.8 Å². The number of aryl methyl sites for hydroxylation is 1. The van der Waals surface area contributed by atoms with Crippen molar-refractivity contribution in [3.63, 3.8) is 0 Å². The van der Waals surface area contributed by atoms with Crippen LogP contribution in [0.15, 0.2) is 126 Å². The number of hydrogen-bond acceptors (Lipinski definition) is 5. The Morgan fingerprint density at radius 1 is 0.660 bits per heavy atom. The lowest BCUT2D eigenvalue weighted by molar-refractivity contribution is -0.275. The molecule has 50 heavy (non-hydrogen) atoms. The fourth-order valence-electron chi connectivity index (χ4n) is 5.02. The van der Waals surface area contributed by atoms with Gasteiger partial charge in [-0.25, -0.2) is 4.79 Å². The maximum atomic E-state index is 12.6. The number of carbonyl (C=O) groups is 1. The first-order valence-electron chi connectivity index (χ1n) is 14.9. The van der Waals surface area contributed by atoms with Crippen LogP contribution in [0.5, 0.6) is 17.2 Å². The quantitative estimate of drug-likeness (QED) is 0.103. The van der Waals surface area contributed by atoms with E-state index in [1.807, 2.05) is 67.6 Å². The minimum absolute atomic E-state index is 0.313. The molecule has 1 N–H and O–H groups in total. The zero-order chi connectivity index (χ0) is 35.9. The molecule has 0 aromatic heterocycles. The van der Waals surface area contributed by atoms with Gasteiger partial charge in [0.15, 0.2) is 6.61 Å². The number of carboxylic acids is 1. The second-order valence-corrected chi connectivity index (χ2v) is 11.9. The Morgan fingerprint density at radius 2 is 1.08 bits per heavy atom. The largest absolute Gasteiger partial charge is 0.573 e. The minimum Gasteiger partial charge on any atom is -0.482 e. The van der Waals surface area contributed by atoms with Crippen LogP contribution in [0.25, 0.3) is 27.8 Å². The summed E-state index contributed by atoms with van der Waals surface area (Å²) >= 11 is 1.56. The van der Waals surface area contributed by atoms with Crippen molar-refractivity contribution >= 4 is 23.3 Å². The summed E-state index contributed by atoms with van der Waals surface area (Å²) in [5.74, 6) is -0.643. The van der Waals surface area contributed by atoms with E-state index in [0.29, 0.717) is 22.6 Å². The first kappa shape index (κ1) is 35.9. The highest BCUT2D eigenvalue weighted by molar-refractivity contribution is 7.99. The third-order valence-electron chi connectivity index (χ3n) is 7.27. The van der Waals surface area contributed by atoms with E-state index in [1.165, 1.54) is 24.3 Å². The van der Waals surface area contributed by atoms with Crippen molar-refractivity contribution in [2.24, 2.45) is 0 Å². The number of ether oxygens (including phenoxy) is 3. The molecule has 0 radical (unpaired) electrons. The van der Waals surface area contributed by atoms with Crippen LogP contribution in [0.2, 0.25) is 0 Å². The second-order valence-electron chi connectivity index (χ2n) is 10.8. The van der Waals surface area contributed by atoms with Gasteiger partial charge in [0.25, 0.3) is 0 Å². The molecule has 0 aliphatic carbocycles. The minimum atomic E-state index is -4.78. The third kappa shape index (κ3) is 10.3. The Kier molecular flexibility index (Phi) is 11.1. The van der Waals surface area contributed by atoms with Crippen LogP contribution in [-0.4, -0.2) is 36.2 Å². The van der Waals surface area contributed by atoms with Gasteiger partial charge in [0.1, 0.15) is 17.2 Å². The highest BCUT2D eigenvalue weighted by Crippen LogP contribution is 2.33. The molecule has 5 aromatic rings. The van der Waals surface area contributed by atoms with Gasteiger partial charge in [-0.05, 0) is 93.9 Å². The number of thioether (sulfide) groups is 1. The van der Waals surface area contributed by atoms with E-state index in [1.54, 1.807) is 42.1 Å². The Morgan fingerprint density at radius 3 is 1.46 bits per heavy atom. The summed E-state index contributed by atoms with van der Waals surface area (Å²) in [6, 6.07) is 31.8. The van der Waals surface area contributed by atoms with E-state index in [9.17, 15) is 31.1 Å². The zero-order valence-electron chi connectivity index (χ0n) is 26.2. The third-order valence-corrected chi connectivity index (χ3v) is 8.19. The summed E-state index contributed by atoms with van der Waals surface area (Å²) in [5.41, 5.74) is 6.43. The summed E-state index contributed by atoms with van der Waals surface area (Å²) in [7, 11) is 0. The lowest BCUT2D eigenvalue weighted by atomic mass is 9.94. The van der Waals surface area contributed by atoms with E-state index < -0.39 is 25.3 Å². The van der Waals surface area contributed by atoms with Crippen molar-refractivity contribution in [1.29, 1.82) is 0 Å². The molecule has 0 aliphatic heterocycles. The molecule has 0 amide bonds. The van der Waals surface area contributed by atoms with Gasteiger partial charge in [-0.2, -0.15) is 0 Å². The maximum absolute atomic E-state index is 12.6. The van der Waals surface area contributed by atoms with Gasteiger partial charge in [0.2, 0.25) is 0 Å². The molecule has 0 aliphatic rings. The number of aliphatic carboxylic acids is 1. The molecule has 0 saturated carbocycles. The van der Waals surface area contributed by atoms with Crippen molar-refractivity contribution in [3.8, 4) is 39.5 Å². The summed E-state index contributed by atoms with van der Waals surface area (Å²) in [6.07, 6.45) is -7.50. The first-order chi connectivity index (χ1) is 23.7. The number of benzene rings is 5. The van der Waals surface area contributed by atoms with Crippen LogP contribution in [-0.2, 0) is 4.79 Å². The number of hydrogen-bond donors (Lipinski definition) is 1. The van der Waals surface area contributed by atoms with Crippen molar-refractivity contribution in [3.05, 3.63) is 138 Å². The van der Waals surface area contributed by atoms with Gasteiger partial charge >= 0.3 is 18.7 Å². The average Bonchev–Trinajstić information content (AvgIpc) is 3.06. The van der Waals surface area contributed by atoms with Gasteiger partial charge < -0.3 is 19.3 Å². The molecule has 0 fully saturated rings. The summed E-state index contributed by atoms with van der Waals surface area (Å²) in [6.45, 7) is 1.39. The van der Waals surface area contributed by atoms with Crippen LogP contribution in [0.3, 0.4) is 0 Å². The number of alkyl halides is 6. The summed E-state index contributed by atoms with van der Waals surface area (Å²) in [5, 5.41) is 8.90. The zero-order valence-corrected chi connectivity index (χ0v) is 27.0. The molecule has 0 atom stereocenters. The molecule has 0 saturated heterocycles. The Balaban J connectivity index is 1.38. The Hall–Kier alpha value is -5.36. The lowest BCUT2D eigenvalue weighted by Gasteiger charge is -2.13. The number of carboxylic acid groups (broad SMARTS) is 1. The SMILES string of the molecule is Cc1cc(SCC=C(c2ccc(-c3ccc(OC(F)(F)F)cc3)cc2)c2ccc(-c3ccc(OC(F)(F)F)cc3)cc2)ccc1OCC(=O)O. The number of rotatable bonds is 12. The van der Waals surface area contributed by atoms with Crippen LogP contribution in [0.1, 0.15) is 16.7 Å². The molecule has 0 unspecified atom stereocenters. The van der Waals surface area contributed by atoms with Crippen LogP contribution < -0.4 is 14.2 Å². The van der Waals surface area contributed by atoms with Crippen LogP contribution in [0.4, 0.5) is 26.3 Å². The molecule has 258 valence electrons. The lowest BCUT2D eigenvalue weighted by Crippen LogP contribution is -2.16. The normalized spacial score (nSPS) is 11.5. The van der Waals surface area contributed by atoms with Gasteiger partial charge in [-0.3, -0.25) is 0 Å². The van der Waals surface area contributed by atoms with Crippen molar-refractivity contribution in [2.45, 2.75) is 24.5 Å². The fourth-order valence-corrected chi connectivity index (χ4v) is 5.89. The smallest absolute Gasteiger partial charge is 0.482 e. The van der Waals surface area contributed by atoms with Crippen molar-refractivity contribution in [1.82, 2.24) is 0 Å². The topological polar surface area (TPSA) is 65.0 Å². The Labute approximate surface area is 287 Å². The van der Waals surface area contributed by atoms with Gasteiger partial charge in [-0.1, -0.05) is 78.9 Å². The molecule has 5 rings (SSSR count). The predicted molar refractivity (Wildman–Crippen MR) is 179 cm³/mol. The molecule has 12 heteroatoms. The first-order valence-corrected chi connectivity index (χ1v) is 15.9. The molecule has 0 spiro atoms. The van der Waals surface area contributed by atoms with Crippen molar-refractivity contribution in [2.75, 3.05) is 12.4 Å². The molecule has 5 nitrogen and oxygen atoms in total. The van der Waals surface area contributed by atoms with Gasteiger partial charge in [0.05, 0.1) is 0 Å². The fraction of sp³-hybridized carbons (Fsp3) is 0.132. The van der Waals surface area contributed by atoms with Gasteiger partial charge in [0, 0.05) is 10.6 Å². The highest BCUT2D eigenvalue weighted by Gasteiger charge is 2.31. The number of halogens is 6. The van der Waals surface area contributed by atoms with Gasteiger partial charge in [-0.15, -0.1) is 38.1 Å². The van der Waals surface area contributed by atoms with E-state index in [4.69, 9.17) is 9.84 Å². The molecule has 0 heterocycles. The monoisotopic (exact) mass is 710 g/mol. The van der Waals surface area contributed by atoms with E-state index in [0.717, 1.165) is 38.3 Å². The standard InChI is InChI=1S/C38H28F6O5S/c1-24-22-33(18-19-35(24)47-23-36(45)46)50-21-20-34(29-6-2-25(3-7-29)27-10-14-31(15-11-27)48-37(39,40)41)30-8-4-26(5-9-30)28-12-16-32(17-13-28)49-38(42,43)44/h2-20,22H,21,23H2,1H3,(H,45,46). The summed E-state index contributed by atoms with van der Waals surface area (Å²) < 4.78 is 88.7. The predicted octanol–water partition coefficient (Wildman–Crippen LogP) is 10.8. The molecular weight excluding hydrogens is 682 g/mol. The van der Waals surface area contributed by atoms with E-state index >= 15 is 0 Å². The summed E-state index contributed by atoms with van der Waals surface area (Å²) in [4.78, 5) is 11.8. The molecule has 0 bridgehead atoms. The average molecular weight is 711 g/mol. The Bertz CT molecular complexity index is 1830. The van der Waals surface area contributed by atoms with Crippen molar-refractivity contribution < 1.29 is 50.5 Å².